The topological polar surface area (TPSA) is 147 Å². The van der Waals surface area contributed by atoms with Gasteiger partial charge in [0, 0.05) is 42.3 Å². The number of nitrogens with one attached hydrogen (secondary N) is 2. The van der Waals surface area contributed by atoms with E-state index in [4.69, 9.17) is 9.25 Å². The molecule has 3 amide bonds. The van der Waals surface area contributed by atoms with E-state index in [1.54, 1.807) is 18.0 Å². The molecule has 7 rings (SSSR count). The van der Waals surface area contributed by atoms with Crippen LogP contribution in [0.1, 0.15) is 44.9 Å². The zero-order valence-corrected chi connectivity index (χ0v) is 26.3. The molecule has 1 aromatic heterocycles. The Balaban J connectivity index is 1.20. The normalized spacial score (nSPS) is 27.5. The summed E-state index contributed by atoms with van der Waals surface area (Å²) in [7, 11) is -2.11. The first kappa shape index (κ1) is 30.2. The van der Waals surface area contributed by atoms with Crippen molar-refractivity contribution in [3.05, 3.63) is 77.7 Å². The molecule has 3 aliphatic carbocycles. The van der Waals surface area contributed by atoms with Crippen molar-refractivity contribution >= 4 is 49.7 Å². The molecular formula is C34H36N4O7S. The summed E-state index contributed by atoms with van der Waals surface area (Å²) in [4.78, 5) is 48.8. The van der Waals surface area contributed by atoms with Gasteiger partial charge < -0.3 is 19.5 Å². The number of likely N-dealkylation sites (N-methyl/N-ethyl adjacent to an activating group) is 1. The van der Waals surface area contributed by atoms with E-state index in [9.17, 15) is 22.8 Å². The molecule has 2 saturated carbocycles. The number of hydrogen-bond donors (Lipinski definition) is 2. The molecule has 240 valence electrons. The number of amides is 3. The smallest absolute Gasteiger partial charge is 0.259 e. The van der Waals surface area contributed by atoms with Gasteiger partial charge in [-0.2, -0.15) is 0 Å². The van der Waals surface area contributed by atoms with Crippen molar-refractivity contribution in [2.75, 3.05) is 13.6 Å². The van der Waals surface area contributed by atoms with Crippen LogP contribution in [0.5, 0.6) is 0 Å². The fourth-order valence-corrected chi connectivity index (χ4v) is 7.80. The predicted molar refractivity (Wildman–Crippen MR) is 170 cm³/mol. The summed E-state index contributed by atoms with van der Waals surface area (Å²) in [5.74, 6) is -2.84. The molecule has 11 nitrogen and oxygen atoms in total. The molecular weight excluding hydrogens is 608 g/mol. The van der Waals surface area contributed by atoms with E-state index in [1.165, 1.54) is 0 Å². The van der Waals surface area contributed by atoms with Crippen LogP contribution in [0.15, 0.2) is 81.9 Å². The van der Waals surface area contributed by atoms with Crippen LogP contribution < -0.4 is 15.4 Å². The minimum absolute atomic E-state index is 0.121. The van der Waals surface area contributed by atoms with Crippen molar-refractivity contribution in [3.8, 4) is 0 Å². The van der Waals surface area contributed by atoms with E-state index in [-0.39, 0.29) is 30.2 Å². The summed E-state index contributed by atoms with van der Waals surface area (Å²) < 4.78 is 33.6. The fraction of sp³-hybridized carbons (Fsp3) is 0.412. The average molecular weight is 645 g/mol. The highest BCUT2D eigenvalue weighted by Crippen LogP contribution is 2.46. The van der Waals surface area contributed by atoms with E-state index in [0.29, 0.717) is 35.9 Å². The van der Waals surface area contributed by atoms with Crippen molar-refractivity contribution in [2.45, 2.75) is 61.8 Å². The van der Waals surface area contributed by atoms with Crippen molar-refractivity contribution < 1.29 is 32.1 Å². The first-order valence-corrected chi connectivity index (χ1v) is 17.3. The largest absolute Gasteiger partial charge is 0.456 e. The lowest BCUT2D eigenvalue weighted by Gasteiger charge is -2.24. The summed E-state index contributed by atoms with van der Waals surface area (Å²) in [6.07, 6.45) is 8.54. The SMILES string of the molecule is CN1CCCC/C=C\[C@H]2C[C@@]2(C(=O)NS(=O)(=O)C2CC2)NC(=O)[C@@H]2C[C@@H](ON=c3c4ccccc4oc4ccccc34)C=C2C1=O. The summed E-state index contributed by atoms with van der Waals surface area (Å²) in [6.45, 7) is 0.522. The lowest BCUT2D eigenvalue weighted by Crippen LogP contribution is -2.54. The standard InChI is InChI=1S/C34H36N4O7S/c1-38-17-9-3-2-4-10-21-20-34(21,33(41)37-46(42,43)23-15-16-23)35-31(39)26-18-22(19-27(26)32(38)40)45-36-30-24-11-5-7-13-28(24)44-29-14-8-6-12-25(29)30/h4-8,10-14,19,21-23,26H,2-3,9,15-18,20H2,1H3,(H,35,39)(H,37,41)/b10-4-/t21-,22+,26+,34+/m0/s1. The van der Waals surface area contributed by atoms with Gasteiger partial charge in [0.15, 0.2) is 0 Å². The van der Waals surface area contributed by atoms with Crippen molar-refractivity contribution in [2.24, 2.45) is 17.0 Å². The van der Waals surface area contributed by atoms with Crippen LogP contribution in [-0.2, 0) is 29.2 Å². The molecule has 2 fully saturated rings. The van der Waals surface area contributed by atoms with Crippen molar-refractivity contribution in [3.63, 3.8) is 0 Å². The maximum Gasteiger partial charge on any atom is 0.259 e. The first-order valence-electron chi connectivity index (χ1n) is 15.8. The van der Waals surface area contributed by atoms with E-state index >= 15 is 0 Å². The molecule has 4 aliphatic rings. The number of allylic oxidation sites excluding steroid dienone is 1. The van der Waals surface area contributed by atoms with Crippen LogP contribution in [0.2, 0.25) is 0 Å². The monoisotopic (exact) mass is 644 g/mol. The molecule has 12 heteroatoms. The van der Waals surface area contributed by atoms with Crippen LogP contribution >= 0.6 is 0 Å². The Morgan fingerprint density at radius 2 is 1.76 bits per heavy atom. The second-order valence-electron chi connectivity index (χ2n) is 12.7. The maximum absolute atomic E-state index is 14.0. The number of rotatable bonds is 5. The Bertz CT molecular complexity index is 1920. The van der Waals surface area contributed by atoms with E-state index in [0.717, 1.165) is 30.0 Å². The highest BCUT2D eigenvalue weighted by Gasteiger charge is 2.61. The van der Waals surface area contributed by atoms with Gasteiger partial charge in [-0.15, -0.1) is 0 Å². The molecule has 46 heavy (non-hydrogen) atoms. The molecule has 0 radical (unpaired) electrons. The molecule has 3 aromatic rings. The lowest BCUT2D eigenvalue weighted by molar-refractivity contribution is -0.133. The number of nitrogens with zero attached hydrogens (tertiary/aromatic N) is 2. The van der Waals surface area contributed by atoms with Crippen LogP contribution in [-0.4, -0.2) is 61.5 Å². The van der Waals surface area contributed by atoms with Gasteiger partial charge in [-0.1, -0.05) is 41.6 Å². The molecule has 2 aromatic carbocycles. The number of carbonyl (C=O) groups excluding carboxylic acids is 3. The van der Waals surface area contributed by atoms with Crippen molar-refractivity contribution in [1.29, 1.82) is 0 Å². The average Bonchev–Trinajstić information content (AvgIpc) is 3.97. The Morgan fingerprint density at radius 3 is 2.46 bits per heavy atom. The Labute approximate surface area is 266 Å². The Hall–Kier alpha value is -4.45. The van der Waals surface area contributed by atoms with Gasteiger partial charge in [0.2, 0.25) is 21.8 Å². The molecule has 2 heterocycles. The third kappa shape index (κ3) is 5.70. The summed E-state index contributed by atoms with van der Waals surface area (Å²) in [5, 5.41) is 8.90. The molecule has 0 unspecified atom stereocenters. The highest BCUT2D eigenvalue weighted by atomic mass is 32.2. The zero-order valence-electron chi connectivity index (χ0n) is 25.5. The van der Waals surface area contributed by atoms with Gasteiger partial charge in [-0.25, -0.2) is 8.42 Å². The van der Waals surface area contributed by atoms with E-state index < -0.39 is 44.6 Å². The summed E-state index contributed by atoms with van der Waals surface area (Å²) in [6, 6.07) is 15.0. The molecule has 2 N–H and O–H groups in total. The van der Waals surface area contributed by atoms with E-state index in [2.05, 4.69) is 15.2 Å². The highest BCUT2D eigenvalue weighted by molar-refractivity contribution is 7.91. The van der Waals surface area contributed by atoms with Gasteiger partial charge in [-0.3, -0.25) is 19.1 Å². The number of fused-ring (bicyclic) bond motifs is 4. The second-order valence-corrected chi connectivity index (χ2v) is 14.6. The number of carbonyl (C=O) groups is 3. The third-order valence-corrected chi connectivity index (χ3v) is 11.2. The van der Waals surface area contributed by atoms with Gasteiger partial charge in [0.05, 0.1) is 11.2 Å². The Morgan fingerprint density at radius 1 is 1.07 bits per heavy atom. The maximum atomic E-state index is 14.0. The minimum atomic E-state index is -3.82. The quantitative estimate of drug-likeness (QED) is 0.246. The number of para-hydroxylation sites is 2. The molecule has 1 aliphatic heterocycles. The Kier molecular flexibility index (Phi) is 7.70. The third-order valence-electron chi connectivity index (χ3n) is 9.35. The van der Waals surface area contributed by atoms with Gasteiger partial charge in [0.1, 0.15) is 28.2 Å². The number of sulfonamides is 1. The van der Waals surface area contributed by atoms with Crippen molar-refractivity contribution in [1.82, 2.24) is 14.9 Å². The van der Waals surface area contributed by atoms with Gasteiger partial charge in [-0.05, 0) is 68.9 Å². The van der Waals surface area contributed by atoms with Gasteiger partial charge >= 0.3 is 0 Å². The minimum Gasteiger partial charge on any atom is -0.456 e. The molecule has 0 bridgehead atoms. The van der Waals surface area contributed by atoms with Gasteiger partial charge in [0.25, 0.3) is 5.91 Å². The predicted octanol–water partition coefficient (Wildman–Crippen LogP) is 3.42. The zero-order chi connectivity index (χ0) is 32.1. The number of benzene rings is 2. The second kappa shape index (κ2) is 11.7. The molecule has 0 saturated heterocycles. The van der Waals surface area contributed by atoms with Crippen LogP contribution in [0.4, 0.5) is 0 Å². The first-order chi connectivity index (χ1) is 22.2. The fourth-order valence-electron chi connectivity index (χ4n) is 6.43. The summed E-state index contributed by atoms with van der Waals surface area (Å²) >= 11 is 0. The van der Waals surface area contributed by atoms with Crippen LogP contribution in [0.3, 0.4) is 0 Å². The van der Waals surface area contributed by atoms with Crippen LogP contribution in [0.25, 0.3) is 21.9 Å². The molecule has 4 atom stereocenters. The number of hydrogen-bond acceptors (Lipinski definition) is 8. The van der Waals surface area contributed by atoms with E-state index in [1.807, 2.05) is 60.7 Å². The molecule has 0 spiro atoms. The summed E-state index contributed by atoms with van der Waals surface area (Å²) in [5.41, 5.74) is 0.133. The van der Waals surface area contributed by atoms with Crippen LogP contribution in [0, 0.1) is 11.8 Å². The lowest BCUT2D eigenvalue weighted by atomic mass is 9.97.